The predicted molar refractivity (Wildman–Crippen MR) is 95.7 cm³/mol. The Bertz CT molecular complexity index is 913. The quantitative estimate of drug-likeness (QED) is 0.781. The van der Waals surface area contributed by atoms with Crippen LogP contribution in [0, 0.1) is 6.92 Å². The molecule has 4 rings (SSSR count). The van der Waals surface area contributed by atoms with Crippen LogP contribution < -0.4 is 5.32 Å². The van der Waals surface area contributed by atoms with E-state index in [1.807, 2.05) is 29.7 Å². The molecule has 1 N–H and O–H groups in total. The summed E-state index contributed by atoms with van der Waals surface area (Å²) in [6.45, 7) is 3.13. The van der Waals surface area contributed by atoms with Gasteiger partial charge in [0.15, 0.2) is 5.82 Å². The van der Waals surface area contributed by atoms with Crippen LogP contribution in [-0.2, 0) is 11.3 Å². The van der Waals surface area contributed by atoms with Crippen LogP contribution in [0.3, 0.4) is 0 Å². The molecule has 4 heterocycles. The third-order valence-electron chi connectivity index (χ3n) is 4.48. The molecule has 1 aliphatic heterocycles. The van der Waals surface area contributed by atoms with Gasteiger partial charge in [-0.05, 0) is 37.8 Å². The van der Waals surface area contributed by atoms with Gasteiger partial charge in [-0.25, -0.2) is 15.0 Å². The fourth-order valence-corrected chi connectivity index (χ4v) is 3.05. The Balaban J connectivity index is 1.38. The molecule has 26 heavy (non-hydrogen) atoms. The van der Waals surface area contributed by atoms with Gasteiger partial charge in [-0.3, -0.25) is 4.79 Å². The summed E-state index contributed by atoms with van der Waals surface area (Å²) in [4.78, 5) is 25.5. The number of hydrogen-bond donors (Lipinski definition) is 1. The lowest BCUT2D eigenvalue weighted by molar-refractivity contribution is 0.00940. The summed E-state index contributed by atoms with van der Waals surface area (Å²) in [6.07, 6.45) is 10.4. The van der Waals surface area contributed by atoms with Crippen LogP contribution in [0.1, 0.15) is 52.8 Å². The summed E-state index contributed by atoms with van der Waals surface area (Å²) in [7, 11) is 0. The first-order valence-corrected chi connectivity index (χ1v) is 8.85. The fraction of sp³-hybridized carbons (Fsp3) is 0.368. The Morgan fingerprint density at radius 2 is 2.12 bits per heavy atom. The van der Waals surface area contributed by atoms with Gasteiger partial charge in [-0.2, -0.15) is 0 Å². The highest BCUT2D eigenvalue weighted by atomic mass is 16.5. The van der Waals surface area contributed by atoms with E-state index in [0.717, 1.165) is 48.5 Å². The van der Waals surface area contributed by atoms with Crippen LogP contribution in [0.4, 0.5) is 0 Å². The molecule has 1 fully saturated rings. The maximum Gasteiger partial charge on any atom is 0.271 e. The maximum absolute atomic E-state index is 12.3. The Hall–Kier alpha value is -2.80. The van der Waals surface area contributed by atoms with Gasteiger partial charge in [-0.1, -0.05) is 6.07 Å². The number of carbonyl (C=O) groups is 1. The molecule has 7 heteroatoms. The van der Waals surface area contributed by atoms with Crippen LogP contribution in [0.2, 0.25) is 0 Å². The molecule has 0 aliphatic carbocycles. The molecule has 1 atom stereocenters. The molecule has 3 aromatic rings. The number of fused-ring (bicyclic) bond motifs is 1. The first kappa shape index (κ1) is 16.7. The van der Waals surface area contributed by atoms with Crippen LogP contribution >= 0.6 is 0 Å². The summed E-state index contributed by atoms with van der Waals surface area (Å²) in [5.41, 5.74) is 3.10. The average molecular weight is 351 g/mol. The van der Waals surface area contributed by atoms with Crippen molar-refractivity contribution >= 4 is 11.6 Å². The van der Waals surface area contributed by atoms with Gasteiger partial charge in [0.2, 0.25) is 0 Å². The lowest BCUT2D eigenvalue weighted by Crippen LogP contribution is -2.23. The first-order chi connectivity index (χ1) is 12.7. The average Bonchev–Trinajstić information content (AvgIpc) is 3.10. The minimum Gasteiger partial charge on any atom is -0.370 e. The molecule has 0 radical (unpaired) electrons. The molecule has 1 amide bonds. The largest absolute Gasteiger partial charge is 0.370 e. The number of aryl methyl sites for hydroxylation is 1. The minimum atomic E-state index is -0.217. The van der Waals surface area contributed by atoms with Crippen molar-refractivity contribution in [2.75, 3.05) is 6.61 Å². The number of ether oxygens (including phenoxy) is 1. The third-order valence-corrected chi connectivity index (χ3v) is 4.48. The number of amides is 1. The normalized spacial score (nSPS) is 17.3. The Morgan fingerprint density at radius 3 is 2.88 bits per heavy atom. The lowest BCUT2D eigenvalue weighted by atomic mass is 10.1. The summed E-state index contributed by atoms with van der Waals surface area (Å²) < 4.78 is 7.55. The maximum atomic E-state index is 12.3. The van der Waals surface area contributed by atoms with E-state index in [1.54, 1.807) is 18.6 Å². The van der Waals surface area contributed by atoms with Gasteiger partial charge < -0.3 is 14.5 Å². The SMILES string of the molecule is Cc1ccc2nc(C(=O)NCc3cnc(C4CCCCO4)nc3)cn2c1. The monoisotopic (exact) mass is 351 g/mol. The topological polar surface area (TPSA) is 81.4 Å². The number of pyridine rings is 1. The second kappa shape index (κ2) is 7.21. The van der Waals surface area contributed by atoms with Crippen molar-refractivity contribution in [3.63, 3.8) is 0 Å². The highest BCUT2D eigenvalue weighted by molar-refractivity contribution is 5.92. The molecule has 1 aliphatic rings. The van der Waals surface area contributed by atoms with Crippen molar-refractivity contribution < 1.29 is 9.53 Å². The zero-order chi connectivity index (χ0) is 17.9. The number of aromatic nitrogens is 4. The molecule has 1 unspecified atom stereocenters. The minimum absolute atomic E-state index is 0.00572. The number of carbonyl (C=O) groups excluding carboxylic acids is 1. The van der Waals surface area contributed by atoms with Crippen molar-refractivity contribution in [1.29, 1.82) is 0 Å². The highest BCUT2D eigenvalue weighted by Gasteiger charge is 2.18. The van der Waals surface area contributed by atoms with E-state index in [2.05, 4.69) is 20.3 Å². The van der Waals surface area contributed by atoms with Crippen LogP contribution in [0.5, 0.6) is 0 Å². The van der Waals surface area contributed by atoms with E-state index < -0.39 is 0 Å². The van der Waals surface area contributed by atoms with Gasteiger partial charge in [0.05, 0.1) is 0 Å². The zero-order valence-corrected chi connectivity index (χ0v) is 14.7. The van der Waals surface area contributed by atoms with Crippen LogP contribution in [0.25, 0.3) is 5.65 Å². The smallest absolute Gasteiger partial charge is 0.271 e. The molecule has 0 bridgehead atoms. The molecule has 0 saturated carbocycles. The summed E-state index contributed by atoms with van der Waals surface area (Å²) in [5, 5.41) is 2.86. The third kappa shape index (κ3) is 3.57. The Kier molecular flexibility index (Phi) is 4.62. The van der Waals surface area contributed by atoms with E-state index in [1.165, 1.54) is 0 Å². The molecular weight excluding hydrogens is 330 g/mol. The van der Waals surface area contributed by atoms with Gasteiger partial charge in [0, 0.05) is 43.5 Å². The molecule has 3 aromatic heterocycles. The number of nitrogens with zero attached hydrogens (tertiary/aromatic N) is 4. The lowest BCUT2D eigenvalue weighted by Gasteiger charge is -2.21. The fourth-order valence-electron chi connectivity index (χ4n) is 3.05. The van der Waals surface area contributed by atoms with E-state index in [9.17, 15) is 4.79 Å². The number of nitrogens with one attached hydrogen (secondary N) is 1. The van der Waals surface area contributed by atoms with Gasteiger partial charge >= 0.3 is 0 Å². The van der Waals surface area contributed by atoms with Gasteiger partial charge in [-0.15, -0.1) is 0 Å². The molecule has 1 saturated heterocycles. The van der Waals surface area contributed by atoms with E-state index in [-0.39, 0.29) is 12.0 Å². The molecule has 0 aromatic carbocycles. The summed E-state index contributed by atoms with van der Waals surface area (Å²) in [6, 6.07) is 3.87. The molecule has 7 nitrogen and oxygen atoms in total. The second-order valence-corrected chi connectivity index (χ2v) is 6.59. The standard InChI is InChI=1S/C19H21N5O2/c1-13-5-6-17-23-15(12-24(17)11-13)19(25)22-10-14-8-20-18(21-9-14)16-4-2-3-7-26-16/h5-6,8-9,11-12,16H,2-4,7,10H2,1H3,(H,22,25). The van der Waals surface area contributed by atoms with E-state index >= 15 is 0 Å². The highest BCUT2D eigenvalue weighted by Crippen LogP contribution is 2.24. The number of imidazole rings is 1. The molecule has 134 valence electrons. The number of rotatable bonds is 4. The van der Waals surface area contributed by atoms with Crippen molar-refractivity contribution in [2.24, 2.45) is 0 Å². The zero-order valence-electron chi connectivity index (χ0n) is 14.7. The molecule has 0 spiro atoms. The Morgan fingerprint density at radius 1 is 1.27 bits per heavy atom. The van der Waals surface area contributed by atoms with Crippen LogP contribution in [-0.4, -0.2) is 31.9 Å². The Labute approximate surface area is 151 Å². The van der Waals surface area contributed by atoms with E-state index in [4.69, 9.17) is 4.74 Å². The first-order valence-electron chi connectivity index (χ1n) is 8.85. The van der Waals surface area contributed by atoms with Gasteiger partial charge in [0.25, 0.3) is 5.91 Å². The van der Waals surface area contributed by atoms with Crippen molar-refractivity contribution in [1.82, 2.24) is 24.7 Å². The van der Waals surface area contributed by atoms with Gasteiger partial charge in [0.1, 0.15) is 17.4 Å². The van der Waals surface area contributed by atoms with Crippen LogP contribution in [0.15, 0.2) is 36.9 Å². The predicted octanol–water partition coefficient (Wildman–Crippen LogP) is 2.60. The summed E-state index contributed by atoms with van der Waals surface area (Å²) >= 11 is 0. The van der Waals surface area contributed by atoms with Crippen molar-refractivity contribution in [3.8, 4) is 0 Å². The summed E-state index contributed by atoms with van der Waals surface area (Å²) in [5.74, 6) is 0.501. The number of hydrogen-bond acceptors (Lipinski definition) is 5. The van der Waals surface area contributed by atoms with Crippen molar-refractivity contribution in [3.05, 3.63) is 59.6 Å². The van der Waals surface area contributed by atoms with E-state index in [0.29, 0.717) is 12.2 Å². The van der Waals surface area contributed by atoms with Crippen molar-refractivity contribution in [2.45, 2.75) is 38.8 Å². The second-order valence-electron chi connectivity index (χ2n) is 6.59. The molecular formula is C19H21N5O2.